The van der Waals surface area contributed by atoms with Crippen molar-refractivity contribution >= 4 is 6.03 Å². The van der Waals surface area contributed by atoms with Crippen molar-refractivity contribution in [2.75, 3.05) is 6.54 Å². The Morgan fingerprint density at radius 1 is 1.10 bits per heavy atom. The Morgan fingerprint density at radius 3 is 2.19 bits per heavy atom. The van der Waals surface area contributed by atoms with E-state index in [1.165, 1.54) is 38.5 Å². The van der Waals surface area contributed by atoms with E-state index >= 15 is 0 Å². The predicted octanol–water partition coefficient (Wildman–Crippen LogP) is 2.48. The molecule has 1 saturated heterocycles. The second kappa shape index (κ2) is 4.87. The Labute approximate surface area is 127 Å². The summed E-state index contributed by atoms with van der Waals surface area (Å²) >= 11 is 0. The van der Waals surface area contributed by atoms with Crippen molar-refractivity contribution in [2.45, 2.75) is 75.9 Å². The lowest BCUT2D eigenvalue weighted by molar-refractivity contribution is -0.0168. The van der Waals surface area contributed by atoms with Crippen LogP contribution in [0.5, 0.6) is 0 Å². The van der Waals surface area contributed by atoms with Crippen LogP contribution in [0.25, 0.3) is 0 Å². The van der Waals surface area contributed by atoms with Gasteiger partial charge in [-0.3, -0.25) is 0 Å². The molecule has 1 aliphatic heterocycles. The van der Waals surface area contributed by atoms with Crippen LogP contribution in [0.1, 0.15) is 58.3 Å². The molecule has 21 heavy (non-hydrogen) atoms. The molecule has 4 bridgehead atoms. The van der Waals surface area contributed by atoms with Crippen molar-refractivity contribution in [3.8, 4) is 0 Å². The Hall–Kier alpha value is -0.770. The zero-order valence-corrected chi connectivity index (χ0v) is 13.2. The normalized spacial score (nSPS) is 48.5. The van der Waals surface area contributed by atoms with Gasteiger partial charge in [-0.2, -0.15) is 0 Å². The predicted molar refractivity (Wildman–Crippen MR) is 82.8 cm³/mol. The van der Waals surface area contributed by atoms with Gasteiger partial charge in [-0.05, 0) is 76.0 Å². The SMILES string of the molecule is CC1CC(N)CCN1C(=O)NC12CC3CC(CC(C3)C1)C2. The van der Waals surface area contributed by atoms with Gasteiger partial charge in [0, 0.05) is 24.2 Å². The fourth-order valence-electron chi connectivity index (χ4n) is 6.07. The lowest BCUT2D eigenvalue weighted by atomic mass is 9.53. The monoisotopic (exact) mass is 291 g/mol. The van der Waals surface area contributed by atoms with Gasteiger partial charge in [-0.1, -0.05) is 0 Å². The minimum atomic E-state index is 0.130. The molecule has 5 aliphatic rings. The highest BCUT2D eigenvalue weighted by Gasteiger charge is 2.52. The van der Waals surface area contributed by atoms with Crippen LogP contribution in [0.3, 0.4) is 0 Å². The number of piperidine rings is 1. The summed E-state index contributed by atoms with van der Waals surface area (Å²) < 4.78 is 0. The van der Waals surface area contributed by atoms with Crippen molar-refractivity contribution in [2.24, 2.45) is 23.5 Å². The van der Waals surface area contributed by atoms with E-state index in [4.69, 9.17) is 5.73 Å². The van der Waals surface area contributed by atoms with Crippen LogP contribution in [-0.4, -0.2) is 35.1 Å². The first-order chi connectivity index (χ1) is 10.0. The molecule has 5 fully saturated rings. The second-order valence-electron chi connectivity index (χ2n) is 8.45. The molecule has 4 aliphatic carbocycles. The zero-order chi connectivity index (χ0) is 14.6. The molecule has 0 radical (unpaired) electrons. The second-order valence-corrected chi connectivity index (χ2v) is 8.45. The van der Waals surface area contributed by atoms with Crippen LogP contribution >= 0.6 is 0 Å². The Morgan fingerprint density at radius 2 is 1.67 bits per heavy atom. The first-order valence-corrected chi connectivity index (χ1v) is 8.87. The molecule has 4 saturated carbocycles. The number of rotatable bonds is 1. The Kier molecular flexibility index (Phi) is 3.21. The van der Waals surface area contributed by atoms with Crippen molar-refractivity contribution in [1.82, 2.24) is 10.2 Å². The summed E-state index contributed by atoms with van der Waals surface area (Å²) in [5.74, 6) is 2.64. The molecule has 5 rings (SSSR count). The number of hydrogen-bond donors (Lipinski definition) is 2. The average molecular weight is 291 g/mol. The first-order valence-electron chi connectivity index (χ1n) is 8.87. The van der Waals surface area contributed by atoms with Crippen LogP contribution in [0.2, 0.25) is 0 Å². The van der Waals surface area contributed by atoms with E-state index in [-0.39, 0.29) is 23.7 Å². The smallest absolute Gasteiger partial charge is 0.318 e. The molecular formula is C17H29N3O. The summed E-state index contributed by atoms with van der Waals surface area (Å²) in [5.41, 5.74) is 6.15. The van der Waals surface area contributed by atoms with Crippen LogP contribution in [0.4, 0.5) is 4.79 Å². The van der Waals surface area contributed by atoms with Crippen molar-refractivity contribution in [1.29, 1.82) is 0 Å². The van der Waals surface area contributed by atoms with Gasteiger partial charge in [-0.15, -0.1) is 0 Å². The highest BCUT2D eigenvalue weighted by atomic mass is 16.2. The van der Waals surface area contributed by atoms with E-state index in [0.717, 1.165) is 37.1 Å². The van der Waals surface area contributed by atoms with Gasteiger partial charge in [-0.25, -0.2) is 4.79 Å². The summed E-state index contributed by atoms with van der Waals surface area (Å²) in [5, 5.41) is 3.49. The fourth-order valence-corrected chi connectivity index (χ4v) is 6.07. The molecule has 0 spiro atoms. The van der Waals surface area contributed by atoms with Crippen molar-refractivity contribution in [3.63, 3.8) is 0 Å². The number of nitrogens with two attached hydrogens (primary N) is 1. The quantitative estimate of drug-likeness (QED) is 0.780. The molecule has 0 aromatic heterocycles. The lowest BCUT2D eigenvalue weighted by Gasteiger charge is -2.57. The van der Waals surface area contributed by atoms with Gasteiger partial charge in [0.2, 0.25) is 0 Å². The van der Waals surface area contributed by atoms with Crippen LogP contribution in [0, 0.1) is 17.8 Å². The van der Waals surface area contributed by atoms with Crippen LogP contribution < -0.4 is 11.1 Å². The standard InChI is InChI=1S/C17H29N3O/c1-11-4-15(18)2-3-20(11)16(21)19-17-8-12-5-13(9-17)7-14(6-12)10-17/h11-15H,2-10,18H2,1H3,(H,19,21). The molecule has 1 heterocycles. The largest absolute Gasteiger partial charge is 0.333 e. The number of hydrogen-bond acceptors (Lipinski definition) is 2. The van der Waals surface area contributed by atoms with E-state index in [1.807, 2.05) is 4.90 Å². The summed E-state index contributed by atoms with van der Waals surface area (Å²) in [6.45, 7) is 2.96. The molecule has 118 valence electrons. The molecule has 0 aromatic rings. The summed E-state index contributed by atoms with van der Waals surface area (Å²) in [7, 11) is 0. The average Bonchev–Trinajstić information content (AvgIpc) is 2.35. The number of likely N-dealkylation sites (tertiary alicyclic amines) is 1. The highest BCUT2D eigenvalue weighted by Crippen LogP contribution is 2.55. The third-order valence-electron chi connectivity index (χ3n) is 6.59. The third kappa shape index (κ3) is 2.45. The highest BCUT2D eigenvalue weighted by molar-refractivity contribution is 5.75. The molecular weight excluding hydrogens is 262 g/mol. The van der Waals surface area contributed by atoms with E-state index in [9.17, 15) is 4.79 Å². The third-order valence-corrected chi connectivity index (χ3v) is 6.59. The fraction of sp³-hybridized carbons (Fsp3) is 0.941. The Bertz CT molecular complexity index is 400. The molecule has 3 N–H and O–H groups in total. The maximum atomic E-state index is 12.8. The summed E-state index contributed by atoms with van der Waals surface area (Å²) in [6.07, 6.45) is 9.83. The number of urea groups is 1. The number of amides is 2. The molecule has 4 heteroatoms. The molecule has 2 amide bonds. The van der Waals surface area contributed by atoms with Gasteiger partial charge in [0.05, 0.1) is 0 Å². The lowest BCUT2D eigenvalue weighted by Crippen LogP contribution is -2.63. The maximum Gasteiger partial charge on any atom is 0.318 e. The first kappa shape index (κ1) is 13.9. The van der Waals surface area contributed by atoms with Crippen LogP contribution in [0.15, 0.2) is 0 Å². The van der Waals surface area contributed by atoms with Crippen molar-refractivity contribution in [3.05, 3.63) is 0 Å². The van der Waals surface area contributed by atoms with E-state index in [1.54, 1.807) is 0 Å². The summed E-state index contributed by atoms with van der Waals surface area (Å²) in [6, 6.07) is 0.725. The number of nitrogens with zero attached hydrogens (tertiary/aromatic N) is 1. The topological polar surface area (TPSA) is 58.4 Å². The van der Waals surface area contributed by atoms with Gasteiger partial charge in [0.15, 0.2) is 0 Å². The minimum absolute atomic E-state index is 0.130. The number of carbonyl (C=O) groups is 1. The van der Waals surface area contributed by atoms with Crippen molar-refractivity contribution < 1.29 is 4.79 Å². The molecule has 0 aromatic carbocycles. The van der Waals surface area contributed by atoms with Gasteiger partial charge in [0.25, 0.3) is 0 Å². The van der Waals surface area contributed by atoms with E-state index in [2.05, 4.69) is 12.2 Å². The maximum absolute atomic E-state index is 12.8. The van der Waals surface area contributed by atoms with E-state index in [0.29, 0.717) is 0 Å². The molecule has 2 unspecified atom stereocenters. The minimum Gasteiger partial charge on any atom is -0.333 e. The molecule has 2 atom stereocenters. The van der Waals surface area contributed by atoms with Crippen LogP contribution in [-0.2, 0) is 0 Å². The Balaban J connectivity index is 1.45. The zero-order valence-electron chi connectivity index (χ0n) is 13.2. The van der Waals surface area contributed by atoms with E-state index < -0.39 is 0 Å². The number of carbonyl (C=O) groups excluding carboxylic acids is 1. The number of nitrogens with one attached hydrogen (secondary N) is 1. The van der Waals surface area contributed by atoms with Gasteiger partial charge >= 0.3 is 6.03 Å². The van der Waals surface area contributed by atoms with Gasteiger partial charge < -0.3 is 16.0 Å². The van der Waals surface area contributed by atoms with Gasteiger partial charge in [0.1, 0.15) is 0 Å². The molecule has 4 nitrogen and oxygen atoms in total. The summed E-state index contributed by atoms with van der Waals surface area (Å²) in [4.78, 5) is 14.8.